The summed E-state index contributed by atoms with van der Waals surface area (Å²) in [5, 5.41) is 0. The van der Waals surface area contributed by atoms with Gasteiger partial charge in [0.25, 0.3) is 11.8 Å². The molecule has 0 aliphatic carbocycles. The van der Waals surface area contributed by atoms with E-state index in [1.807, 2.05) is 88.2 Å². The van der Waals surface area contributed by atoms with Crippen LogP contribution in [0.4, 0.5) is 0 Å². The van der Waals surface area contributed by atoms with Crippen LogP contribution in [0.1, 0.15) is 36.1 Å². The number of rotatable bonds is 8. The maximum Gasteiger partial charge on any atom is 0.277 e. The van der Waals surface area contributed by atoms with E-state index in [1.165, 1.54) is 4.90 Å². The summed E-state index contributed by atoms with van der Waals surface area (Å²) >= 11 is 0. The number of ether oxygens (including phenoxy) is 1. The molecular weight excluding hydrogens is 376 g/mol. The van der Waals surface area contributed by atoms with Crippen LogP contribution in [0.25, 0.3) is 5.57 Å². The van der Waals surface area contributed by atoms with Crippen molar-refractivity contribution in [1.82, 2.24) is 9.80 Å². The third-order valence-electron chi connectivity index (χ3n) is 5.21. The molecule has 0 N–H and O–H groups in total. The van der Waals surface area contributed by atoms with Crippen LogP contribution in [0.15, 0.2) is 54.2 Å². The molecule has 0 radical (unpaired) electrons. The average molecular weight is 407 g/mol. The second-order valence-corrected chi connectivity index (χ2v) is 8.07. The molecule has 3 rings (SSSR count). The Morgan fingerprint density at radius 3 is 2.33 bits per heavy atom. The second kappa shape index (κ2) is 9.26. The summed E-state index contributed by atoms with van der Waals surface area (Å²) in [6, 6.07) is 15.9. The minimum absolute atomic E-state index is 0.0461. The predicted molar refractivity (Wildman–Crippen MR) is 119 cm³/mol. The largest absolute Gasteiger partial charge is 0.377 e. The molecule has 1 aliphatic heterocycles. The van der Waals surface area contributed by atoms with Crippen molar-refractivity contribution in [2.24, 2.45) is 0 Å². The van der Waals surface area contributed by atoms with Gasteiger partial charge in [-0.2, -0.15) is 0 Å². The van der Waals surface area contributed by atoms with Gasteiger partial charge in [0, 0.05) is 13.6 Å². The molecule has 1 heterocycles. The van der Waals surface area contributed by atoms with Crippen LogP contribution >= 0.6 is 0 Å². The monoisotopic (exact) mass is 406 g/mol. The molecule has 5 heteroatoms. The topological polar surface area (TPSA) is 49.9 Å². The molecule has 2 amide bonds. The number of nitrogens with zero attached hydrogens (tertiary/aromatic N) is 2. The molecular formula is C25H30N2O3. The van der Waals surface area contributed by atoms with Crippen LogP contribution in [-0.2, 0) is 20.9 Å². The van der Waals surface area contributed by atoms with E-state index >= 15 is 0 Å². The first kappa shape index (κ1) is 21.8. The van der Waals surface area contributed by atoms with E-state index in [9.17, 15) is 9.59 Å². The zero-order valence-electron chi connectivity index (χ0n) is 18.4. The van der Waals surface area contributed by atoms with Gasteiger partial charge in [-0.1, -0.05) is 54.1 Å². The van der Waals surface area contributed by atoms with Crippen molar-refractivity contribution in [3.05, 3.63) is 76.5 Å². The molecule has 0 atom stereocenters. The molecule has 0 spiro atoms. The van der Waals surface area contributed by atoms with Crippen LogP contribution in [0.2, 0.25) is 0 Å². The lowest BCUT2D eigenvalue weighted by Gasteiger charge is -2.22. The molecule has 5 nitrogen and oxygen atoms in total. The molecule has 30 heavy (non-hydrogen) atoms. The molecule has 1 aliphatic rings. The van der Waals surface area contributed by atoms with Crippen LogP contribution in [-0.4, -0.2) is 47.9 Å². The summed E-state index contributed by atoms with van der Waals surface area (Å²) in [7, 11) is 1.87. The van der Waals surface area contributed by atoms with Gasteiger partial charge in [-0.3, -0.25) is 14.5 Å². The van der Waals surface area contributed by atoms with E-state index in [2.05, 4.69) is 0 Å². The van der Waals surface area contributed by atoms with Crippen molar-refractivity contribution in [3.63, 3.8) is 0 Å². The zero-order valence-corrected chi connectivity index (χ0v) is 18.4. The maximum atomic E-state index is 13.4. The van der Waals surface area contributed by atoms with Gasteiger partial charge in [-0.05, 0) is 44.4 Å². The minimum Gasteiger partial charge on any atom is -0.377 e. The number of amides is 2. The number of aryl methyl sites for hydroxylation is 2. The van der Waals surface area contributed by atoms with E-state index in [0.717, 1.165) is 22.3 Å². The highest BCUT2D eigenvalue weighted by Crippen LogP contribution is 2.33. The Morgan fingerprint density at radius 2 is 1.70 bits per heavy atom. The number of hydrogen-bond donors (Lipinski definition) is 0. The minimum atomic E-state index is -0.263. The maximum absolute atomic E-state index is 13.4. The normalized spacial score (nSPS) is 14.3. The number of likely N-dealkylation sites (N-methyl/N-ethyl adjacent to an activating group) is 1. The number of carbonyl (C=O) groups excluding carboxylic acids is 2. The first-order valence-electron chi connectivity index (χ1n) is 10.3. The molecule has 0 bridgehead atoms. The summed E-state index contributed by atoms with van der Waals surface area (Å²) in [6.45, 7) is 8.98. The van der Waals surface area contributed by atoms with Crippen LogP contribution in [0, 0.1) is 13.8 Å². The van der Waals surface area contributed by atoms with Gasteiger partial charge in [0.2, 0.25) is 0 Å². The highest BCUT2D eigenvalue weighted by Gasteiger charge is 2.41. The SMILES string of the molecule is Cc1ccc(C2=C(N(C)Cc3ccccc3)C(=O)N(CCOC(C)C)C2=O)c(C)c1. The van der Waals surface area contributed by atoms with Gasteiger partial charge in [0.05, 0.1) is 24.8 Å². The Balaban J connectivity index is 1.99. The van der Waals surface area contributed by atoms with E-state index in [1.54, 1.807) is 0 Å². The summed E-state index contributed by atoms with van der Waals surface area (Å²) in [5.41, 5.74) is 4.91. The fourth-order valence-electron chi connectivity index (χ4n) is 3.77. The van der Waals surface area contributed by atoms with Gasteiger partial charge in [-0.25, -0.2) is 0 Å². The molecule has 0 saturated carbocycles. The Bertz CT molecular complexity index is 964. The fraction of sp³-hybridized carbons (Fsp3) is 0.360. The first-order valence-corrected chi connectivity index (χ1v) is 10.3. The molecule has 0 saturated heterocycles. The van der Waals surface area contributed by atoms with E-state index in [-0.39, 0.29) is 24.5 Å². The summed E-state index contributed by atoms with van der Waals surface area (Å²) in [6.07, 6.45) is 0.0461. The summed E-state index contributed by atoms with van der Waals surface area (Å²) in [5.74, 6) is -0.519. The third kappa shape index (κ3) is 4.62. The molecule has 2 aromatic carbocycles. The quantitative estimate of drug-likeness (QED) is 0.623. The van der Waals surface area contributed by atoms with Crippen LogP contribution in [0.3, 0.4) is 0 Å². The Morgan fingerprint density at radius 1 is 1.00 bits per heavy atom. The zero-order chi connectivity index (χ0) is 21.8. The van der Waals surface area contributed by atoms with Crippen molar-refractivity contribution >= 4 is 17.4 Å². The molecule has 0 aromatic heterocycles. The van der Waals surface area contributed by atoms with Crippen LogP contribution < -0.4 is 0 Å². The van der Waals surface area contributed by atoms with Gasteiger partial charge < -0.3 is 9.64 Å². The Hall–Kier alpha value is -2.92. The lowest BCUT2D eigenvalue weighted by molar-refractivity contribution is -0.138. The van der Waals surface area contributed by atoms with Crippen molar-refractivity contribution in [3.8, 4) is 0 Å². The fourth-order valence-corrected chi connectivity index (χ4v) is 3.77. The summed E-state index contributed by atoms with van der Waals surface area (Å²) < 4.78 is 5.59. The van der Waals surface area contributed by atoms with Gasteiger partial charge in [0.15, 0.2) is 0 Å². The molecule has 0 fully saturated rings. The Labute approximate surface area is 178 Å². The lowest BCUT2D eigenvalue weighted by Crippen LogP contribution is -2.37. The molecule has 158 valence electrons. The third-order valence-corrected chi connectivity index (χ3v) is 5.21. The lowest BCUT2D eigenvalue weighted by atomic mass is 9.97. The first-order chi connectivity index (χ1) is 14.3. The van der Waals surface area contributed by atoms with E-state index in [0.29, 0.717) is 24.4 Å². The molecule has 0 unspecified atom stereocenters. The average Bonchev–Trinajstić information content (AvgIpc) is 2.93. The van der Waals surface area contributed by atoms with Crippen molar-refractivity contribution < 1.29 is 14.3 Å². The smallest absolute Gasteiger partial charge is 0.277 e. The van der Waals surface area contributed by atoms with Crippen molar-refractivity contribution in [2.45, 2.75) is 40.3 Å². The second-order valence-electron chi connectivity index (χ2n) is 8.07. The predicted octanol–water partition coefficient (Wildman–Crippen LogP) is 3.94. The van der Waals surface area contributed by atoms with Gasteiger partial charge >= 0.3 is 0 Å². The number of carbonyl (C=O) groups is 2. The number of hydrogen-bond acceptors (Lipinski definition) is 4. The van der Waals surface area contributed by atoms with E-state index < -0.39 is 0 Å². The van der Waals surface area contributed by atoms with Gasteiger partial charge in [-0.15, -0.1) is 0 Å². The summed E-state index contributed by atoms with van der Waals surface area (Å²) in [4.78, 5) is 29.9. The van der Waals surface area contributed by atoms with Gasteiger partial charge in [0.1, 0.15) is 5.70 Å². The Kier molecular flexibility index (Phi) is 6.73. The van der Waals surface area contributed by atoms with Crippen LogP contribution in [0.5, 0.6) is 0 Å². The highest BCUT2D eigenvalue weighted by atomic mass is 16.5. The van der Waals surface area contributed by atoms with E-state index in [4.69, 9.17) is 4.74 Å². The number of imide groups is 1. The van der Waals surface area contributed by atoms with Crippen molar-refractivity contribution in [2.75, 3.05) is 20.2 Å². The number of benzene rings is 2. The van der Waals surface area contributed by atoms with Crippen molar-refractivity contribution in [1.29, 1.82) is 0 Å². The standard InChI is InChI=1S/C25H30N2O3/c1-17(2)30-14-13-27-24(28)22(21-12-11-18(3)15-19(21)4)23(25(27)29)26(5)16-20-9-7-6-8-10-20/h6-12,15,17H,13-14,16H2,1-5H3. The molecule has 2 aromatic rings. The highest BCUT2D eigenvalue weighted by molar-refractivity contribution is 6.35.